The predicted octanol–water partition coefficient (Wildman–Crippen LogP) is 6.18. The molecule has 4 aromatic carbocycles. The number of aromatic nitrogens is 1. The lowest BCUT2D eigenvalue weighted by Gasteiger charge is -2.25. The van der Waals surface area contributed by atoms with Crippen LogP contribution < -0.4 is 0 Å². The van der Waals surface area contributed by atoms with Gasteiger partial charge in [-0.3, -0.25) is 0 Å². The molecule has 6 rings (SSSR count). The molecule has 0 spiro atoms. The van der Waals surface area contributed by atoms with Gasteiger partial charge < -0.3 is 18.9 Å². The van der Waals surface area contributed by atoms with E-state index < -0.39 is 33.6 Å². The molecular formula is C33H31NO6S2. The molecule has 1 saturated heterocycles. The number of hydrogen-bond acceptors (Lipinski definition) is 8. The zero-order chi connectivity index (χ0) is 28.8. The van der Waals surface area contributed by atoms with Crippen LogP contribution in [0, 0.1) is 0 Å². The molecule has 42 heavy (non-hydrogen) atoms. The Labute approximate surface area is 249 Å². The van der Waals surface area contributed by atoms with E-state index in [4.69, 9.17) is 18.9 Å². The standard InChI is InChI=1S/C33H31NO6S2/c35-42(36,33-34-27-18-10-11-19-29(27)41-33)32-31(39-22-26-16-8-3-9-17-26)30(38-21-25-14-6-2-7-15-25)28(40-32)23-37-20-24-12-4-1-5-13-24/h1-19,28,30-32H,20-23H2/t28-,30-,31-,32?/m1/s1. The van der Waals surface area contributed by atoms with Crippen LogP contribution in [0.25, 0.3) is 10.2 Å². The Bertz CT molecular complexity index is 1650. The number of hydrogen-bond donors (Lipinski definition) is 0. The topological polar surface area (TPSA) is 84.0 Å². The Morgan fingerprint density at radius 1 is 0.667 bits per heavy atom. The molecule has 0 radical (unpaired) electrons. The summed E-state index contributed by atoms with van der Waals surface area (Å²) in [5.41, 5.74) is 2.18. The second kappa shape index (κ2) is 13.2. The maximum absolute atomic E-state index is 14.1. The van der Waals surface area contributed by atoms with Crippen LogP contribution in [0.5, 0.6) is 0 Å². The first-order valence-electron chi connectivity index (χ1n) is 13.8. The number of nitrogens with zero attached hydrogens (tertiary/aromatic N) is 1. The van der Waals surface area contributed by atoms with Gasteiger partial charge in [-0.1, -0.05) is 103 Å². The molecule has 0 N–H and O–H groups in total. The molecule has 0 bridgehead atoms. The smallest absolute Gasteiger partial charge is 0.234 e. The van der Waals surface area contributed by atoms with Crippen molar-refractivity contribution in [2.75, 3.05) is 6.61 Å². The Balaban J connectivity index is 1.30. The first-order valence-corrected chi connectivity index (χ1v) is 16.1. The second-order valence-electron chi connectivity index (χ2n) is 10.1. The lowest BCUT2D eigenvalue weighted by molar-refractivity contribution is -0.0896. The van der Waals surface area contributed by atoms with Gasteiger partial charge >= 0.3 is 0 Å². The van der Waals surface area contributed by atoms with Crippen LogP contribution in [-0.4, -0.2) is 43.8 Å². The van der Waals surface area contributed by atoms with Crippen LogP contribution in [0.1, 0.15) is 16.7 Å². The minimum Gasteiger partial charge on any atom is -0.374 e. The predicted molar refractivity (Wildman–Crippen MR) is 162 cm³/mol. The Morgan fingerprint density at radius 3 is 1.79 bits per heavy atom. The van der Waals surface area contributed by atoms with E-state index in [-0.39, 0.29) is 24.2 Å². The molecule has 1 fully saturated rings. The van der Waals surface area contributed by atoms with E-state index >= 15 is 0 Å². The largest absolute Gasteiger partial charge is 0.374 e. The fraction of sp³-hybridized carbons (Fsp3) is 0.242. The van der Waals surface area contributed by atoms with Gasteiger partial charge in [0.25, 0.3) is 0 Å². The van der Waals surface area contributed by atoms with Gasteiger partial charge in [0, 0.05) is 0 Å². The molecule has 0 amide bonds. The first-order chi connectivity index (χ1) is 20.6. The van der Waals surface area contributed by atoms with Crippen molar-refractivity contribution in [1.82, 2.24) is 4.98 Å². The maximum atomic E-state index is 14.1. The molecule has 1 aromatic heterocycles. The molecule has 9 heteroatoms. The number of thiazole rings is 1. The van der Waals surface area contributed by atoms with Gasteiger partial charge in [-0.05, 0) is 28.8 Å². The average Bonchev–Trinajstić information content (AvgIpc) is 3.63. The number of rotatable bonds is 12. The lowest BCUT2D eigenvalue weighted by atomic mass is 10.1. The van der Waals surface area contributed by atoms with Gasteiger partial charge in [-0.25, -0.2) is 13.4 Å². The van der Waals surface area contributed by atoms with Gasteiger partial charge in [-0.2, -0.15) is 0 Å². The minimum absolute atomic E-state index is 0.00493. The molecule has 4 atom stereocenters. The molecule has 1 aliphatic heterocycles. The van der Waals surface area contributed by atoms with E-state index in [9.17, 15) is 8.42 Å². The third-order valence-corrected chi connectivity index (χ3v) is 10.4. The number of para-hydroxylation sites is 1. The summed E-state index contributed by atoms with van der Waals surface area (Å²) in [7, 11) is -4.06. The summed E-state index contributed by atoms with van der Waals surface area (Å²) in [6.45, 7) is 0.953. The minimum atomic E-state index is -4.06. The zero-order valence-electron chi connectivity index (χ0n) is 22.8. The first kappa shape index (κ1) is 28.7. The summed E-state index contributed by atoms with van der Waals surface area (Å²) in [6.07, 6.45) is -2.32. The summed E-state index contributed by atoms with van der Waals surface area (Å²) < 4.78 is 54.2. The Kier molecular flexibility index (Phi) is 9.04. The maximum Gasteiger partial charge on any atom is 0.234 e. The highest BCUT2D eigenvalue weighted by Gasteiger charge is 2.53. The van der Waals surface area contributed by atoms with Crippen molar-refractivity contribution in [1.29, 1.82) is 0 Å². The summed E-state index contributed by atoms with van der Waals surface area (Å²) in [6, 6.07) is 36.5. The summed E-state index contributed by atoms with van der Waals surface area (Å²) >= 11 is 1.13. The molecule has 0 saturated carbocycles. The number of benzene rings is 4. The van der Waals surface area contributed by atoms with Gasteiger partial charge in [0.2, 0.25) is 14.2 Å². The van der Waals surface area contributed by atoms with Crippen molar-refractivity contribution < 1.29 is 27.4 Å². The van der Waals surface area contributed by atoms with Crippen molar-refractivity contribution in [3.63, 3.8) is 0 Å². The Hall–Kier alpha value is -3.44. The van der Waals surface area contributed by atoms with Crippen LogP contribution >= 0.6 is 11.3 Å². The second-order valence-corrected chi connectivity index (χ2v) is 13.3. The van der Waals surface area contributed by atoms with Crippen LogP contribution in [0.15, 0.2) is 120 Å². The van der Waals surface area contributed by atoms with E-state index in [1.54, 1.807) is 6.07 Å². The highest BCUT2D eigenvalue weighted by atomic mass is 32.2. The van der Waals surface area contributed by atoms with Crippen LogP contribution in [0.3, 0.4) is 0 Å². The molecule has 216 valence electrons. The number of sulfone groups is 1. The van der Waals surface area contributed by atoms with Crippen LogP contribution in [0.2, 0.25) is 0 Å². The van der Waals surface area contributed by atoms with E-state index in [0.717, 1.165) is 32.7 Å². The molecule has 0 aliphatic carbocycles. The van der Waals surface area contributed by atoms with E-state index in [0.29, 0.717) is 12.1 Å². The lowest BCUT2D eigenvalue weighted by Crippen LogP contribution is -2.41. The van der Waals surface area contributed by atoms with Crippen LogP contribution in [0.4, 0.5) is 0 Å². The van der Waals surface area contributed by atoms with Crippen molar-refractivity contribution in [2.45, 2.75) is 47.9 Å². The average molecular weight is 602 g/mol. The third kappa shape index (κ3) is 6.62. The molecule has 1 aliphatic rings. The van der Waals surface area contributed by atoms with Gasteiger partial charge in [0.1, 0.15) is 18.3 Å². The fourth-order valence-electron chi connectivity index (χ4n) is 4.93. The van der Waals surface area contributed by atoms with Gasteiger partial charge in [-0.15, -0.1) is 11.3 Å². The molecule has 5 aromatic rings. The normalized spacial score (nSPS) is 20.7. The van der Waals surface area contributed by atoms with Crippen molar-refractivity contribution in [3.05, 3.63) is 132 Å². The van der Waals surface area contributed by atoms with E-state index in [1.807, 2.05) is 109 Å². The zero-order valence-corrected chi connectivity index (χ0v) is 24.5. The summed E-state index contributed by atoms with van der Waals surface area (Å²) in [4.78, 5) is 4.45. The highest BCUT2D eigenvalue weighted by Crippen LogP contribution is 2.37. The van der Waals surface area contributed by atoms with Gasteiger partial charge in [0.05, 0.1) is 36.6 Å². The molecule has 1 unspecified atom stereocenters. The number of fused-ring (bicyclic) bond motifs is 1. The summed E-state index contributed by atoms with van der Waals surface area (Å²) in [5.74, 6) is 0. The SMILES string of the molecule is O=S(=O)(c1nc2ccccc2s1)C1O[C@H](COCc2ccccc2)[C@@H](OCc2ccccc2)[C@H]1OCc1ccccc1. The van der Waals surface area contributed by atoms with Crippen molar-refractivity contribution in [2.24, 2.45) is 0 Å². The highest BCUT2D eigenvalue weighted by molar-refractivity contribution is 7.94. The summed E-state index contributed by atoms with van der Waals surface area (Å²) in [5, 5.41) is 0. The van der Waals surface area contributed by atoms with Crippen molar-refractivity contribution in [3.8, 4) is 0 Å². The van der Waals surface area contributed by atoms with E-state index in [1.165, 1.54) is 0 Å². The molecule has 2 heterocycles. The van der Waals surface area contributed by atoms with Crippen LogP contribution in [-0.2, 0) is 48.6 Å². The number of ether oxygens (including phenoxy) is 4. The molecular weight excluding hydrogens is 570 g/mol. The van der Waals surface area contributed by atoms with E-state index in [2.05, 4.69) is 4.98 Å². The van der Waals surface area contributed by atoms with Gasteiger partial charge in [0.15, 0.2) is 5.44 Å². The monoisotopic (exact) mass is 601 g/mol. The third-order valence-electron chi connectivity index (χ3n) is 7.06. The van der Waals surface area contributed by atoms with Crippen molar-refractivity contribution >= 4 is 31.4 Å². The quantitative estimate of drug-likeness (QED) is 0.169. The Morgan fingerprint density at radius 2 is 1.19 bits per heavy atom. The fourth-order valence-corrected chi connectivity index (χ4v) is 7.94. The molecule has 7 nitrogen and oxygen atoms in total.